The average molecular weight is 223 g/mol. The lowest BCUT2D eigenvalue weighted by Crippen LogP contribution is -2.46. The standard InChI is InChI=1S/C11H17N3O2/c1-7-6-13-14-9(7)8(5-12)11(10(15)16)3-2-4-11/h6,8H,2-5,12H2,1H3,(H,13,14)(H,15,16). The van der Waals surface area contributed by atoms with E-state index >= 15 is 0 Å². The first-order valence-electron chi connectivity index (χ1n) is 5.55. The number of aromatic nitrogens is 2. The van der Waals surface area contributed by atoms with Crippen LogP contribution in [0.1, 0.15) is 36.4 Å². The largest absolute Gasteiger partial charge is 0.481 e. The number of aryl methyl sites for hydroxylation is 1. The number of nitrogens with zero attached hydrogens (tertiary/aromatic N) is 1. The minimum atomic E-state index is -0.733. The van der Waals surface area contributed by atoms with Crippen LogP contribution in [0, 0.1) is 12.3 Å². The zero-order valence-corrected chi connectivity index (χ0v) is 9.36. The molecule has 1 aliphatic rings. The number of carboxylic acids is 1. The molecule has 1 aliphatic carbocycles. The van der Waals surface area contributed by atoms with Crippen molar-refractivity contribution in [3.05, 3.63) is 17.5 Å². The molecule has 0 aromatic carbocycles. The molecule has 5 heteroatoms. The molecule has 0 radical (unpaired) electrons. The number of nitrogens with one attached hydrogen (secondary N) is 1. The van der Waals surface area contributed by atoms with E-state index in [9.17, 15) is 9.90 Å². The third kappa shape index (κ3) is 1.43. The van der Waals surface area contributed by atoms with Crippen LogP contribution < -0.4 is 5.73 Å². The summed E-state index contributed by atoms with van der Waals surface area (Å²) in [5, 5.41) is 16.2. The molecule has 0 saturated heterocycles. The van der Waals surface area contributed by atoms with Crippen LogP contribution in [0.4, 0.5) is 0 Å². The molecule has 0 spiro atoms. The van der Waals surface area contributed by atoms with Gasteiger partial charge in [0.25, 0.3) is 0 Å². The highest BCUT2D eigenvalue weighted by atomic mass is 16.4. The summed E-state index contributed by atoms with van der Waals surface area (Å²) in [7, 11) is 0. The Morgan fingerprint density at radius 3 is 2.75 bits per heavy atom. The number of nitrogens with two attached hydrogens (primary N) is 1. The van der Waals surface area contributed by atoms with Gasteiger partial charge >= 0.3 is 5.97 Å². The van der Waals surface area contributed by atoms with Gasteiger partial charge in [-0.3, -0.25) is 9.89 Å². The van der Waals surface area contributed by atoms with E-state index in [4.69, 9.17) is 5.73 Å². The second kappa shape index (κ2) is 3.90. The Morgan fingerprint density at radius 1 is 1.75 bits per heavy atom. The molecule has 0 aliphatic heterocycles. The number of carboxylic acid groups (broad SMARTS) is 1. The summed E-state index contributed by atoms with van der Waals surface area (Å²) in [5.41, 5.74) is 6.95. The number of aliphatic carboxylic acids is 1. The van der Waals surface area contributed by atoms with E-state index in [1.54, 1.807) is 6.20 Å². The Balaban J connectivity index is 2.36. The molecule has 1 aromatic rings. The normalized spacial score (nSPS) is 20.1. The molecule has 1 unspecified atom stereocenters. The minimum Gasteiger partial charge on any atom is -0.481 e. The topological polar surface area (TPSA) is 92.0 Å². The Morgan fingerprint density at radius 2 is 2.44 bits per heavy atom. The predicted molar refractivity (Wildman–Crippen MR) is 59.0 cm³/mol. The Labute approximate surface area is 94.0 Å². The number of carbonyl (C=O) groups is 1. The van der Waals surface area contributed by atoms with Gasteiger partial charge in [-0.2, -0.15) is 5.10 Å². The van der Waals surface area contributed by atoms with E-state index in [0.29, 0.717) is 19.4 Å². The van der Waals surface area contributed by atoms with Gasteiger partial charge < -0.3 is 10.8 Å². The highest BCUT2D eigenvalue weighted by Gasteiger charge is 2.51. The van der Waals surface area contributed by atoms with Crippen LogP contribution in [0.15, 0.2) is 6.20 Å². The van der Waals surface area contributed by atoms with Crippen LogP contribution in [-0.2, 0) is 4.79 Å². The first-order valence-corrected chi connectivity index (χ1v) is 5.55. The molecular formula is C11H17N3O2. The van der Waals surface area contributed by atoms with E-state index in [1.807, 2.05) is 6.92 Å². The monoisotopic (exact) mass is 223 g/mol. The maximum Gasteiger partial charge on any atom is 0.310 e. The maximum atomic E-state index is 11.4. The van der Waals surface area contributed by atoms with Gasteiger partial charge in [0, 0.05) is 18.2 Å². The van der Waals surface area contributed by atoms with Gasteiger partial charge in [0.2, 0.25) is 0 Å². The van der Waals surface area contributed by atoms with E-state index in [2.05, 4.69) is 10.2 Å². The molecule has 1 heterocycles. The molecule has 1 saturated carbocycles. The highest BCUT2D eigenvalue weighted by molar-refractivity contribution is 5.77. The van der Waals surface area contributed by atoms with Crippen molar-refractivity contribution in [1.29, 1.82) is 0 Å². The number of H-pyrrole nitrogens is 1. The van der Waals surface area contributed by atoms with E-state index in [1.165, 1.54) is 0 Å². The van der Waals surface area contributed by atoms with Crippen molar-refractivity contribution in [1.82, 2.24) is 10.2 Å². The first kappa shape index (κ1) is 11.1. The second-order valence-corrected chi connectivity index (χ2v) is 4.57. The quantitative estimate of drug-likeness (QED) is 0.710. The van der Waals surface area contributed by atoms with Crippen molar-refractivity contribution in [2.24, 2.45) is 11.1 Å². The minimum absolute atomic E-state index is 0.152. The van der Waals surface area contributed by atoms with Crippen molar-refractivity contribution in [2.45, 2.75) is 32.1 Å². The van der Waals surface area contributed by atoms with Gasteiger partial charge in [-0.15, -0.1) is 0 Å². The summed E-state index contributed by atoms with van der Waals surface area (Å²) in [4.78, 5) is 11.4. The van der Waals surface area contributed by atoms with Gasteiger partial charge in [0.1, 0.15) is 0 Å². The van der Waals surface area contributed by atoms with Gasteiger partial charge in [-0.1, -0.05) is 6.42 Å². The fourth-order valence-corrected chi connectivity index (χ4v) is 2.60. The summed E-state index contributed by atoms with van der Waals surface area (Å²) in [6.07, 6.45) is 4.10. The fourth-order valence-electron chi connectivity index (χ4n) is 2.60. The highest BCUT2D eigenvalue weighted by Crippen LogP contribution is 2.51. The summed E-state index contributed by atoms with van der Waals surface area (Å²) < 4.78 is 0. The molecule has 5 nitrogen and oxygen atoms in total. The molecule has 1 fully saturated rings. The Hall–Kier alpha value is -1.36. The van der Waals surface area contributed by atoms with Crippen LogP contribution in [0.25, 0.3) is 0 Å². The van der Waals surface area contributed by atoms with Crippen molar-refractivity contribution in [2.75, 3.05) is 6.54 Å². The van der Waals surface area contributed by atoms with Crippen LogP contribution in [0.5, 0.6) is 0 Å². The van der Waals surface area contributed by atoms with E-state index in [-0.39, 0.29) is 5.92 Å². The third-order valence-corrected chi connectivity index (χ3v) is 3.79. The van der Waals surface area contributed by atoms with Crippen LogP contribution in [-0.4, -0.2) is 27.8 Å². The summed E-state index contributed by atoms with van der Waals surface area (Å²) in [5.74, 6) is -0.885. The molecule has 16 heavy (non-hydrogen) atoms. The number of rotatable bonds is 4. The predicted octanol–water partition coefficient (Wildman–Crippen LogP) is 1.02. The summed E-state index contributed by atoms with van der Waals surface area (Å²) in [6, 6.07) is 0. The maximum absolute atomic E-state index is 11.4. The van der Waals surface area contributed by atoms with Gasteiger partial charge in [0.15, 0.2) is 0 Å². The zero-order chi connectivity index (χ0) is 11.8. The van der Waals surface area contributed by atoms with Gasteiger partial charge in [-0.25, -0.2) is 0 Å². The van der Waals surface area contributed by atoms with E-state index in [0.717, 1.165) is 17.7 Å². The van der Waals surface area contributed by atoms with E-state index < -0.39 is 11.4 Å². The lowest BCUT2D eigenvalue weighted by atomic mass is 9.60. The van der Waals surface area contributed by atoms with Gasteiger partial charge in [0.05, 0.1) is 11.6 Å². The van der Waals surface area contributed by atoms with Crippen molar-refractivity contribution >= 4 is 5.97 Å². The third-order valence-electron chi connectivity index (χ3n) is 3.79. The van der Waals surface area contributed by atoms with Crippen LogP contribution in [0.2, 0.25) is 0 Å². The van der Waals surface area contributed by atoms with Crippen LogP contribution >= 0.6 is 0 Å². The van der Waals surface area contributed by atoms with Crippen molar-refractivity contribution < 1.29 is 9.90 Å². The molecule has 1 aromatic heterocycles. The Bertz CT molecular complexity index is 396. The lowest BCUT2D eigenvalue weighted by Gasteiger charge is -2.43. The summed E-state index contributed by atoms with van der Waals surface area (Å²) in [6.45, 7) is 2.27. The first-order chi connectivity index (χ1) is 7.62. The lowest BCUT2D eigenvalue weighted by molar-refractivity contribution is -0.156. The van der Waals surface area contributed by atoms with Gasteiger partial charge in [-0.05, 0) is 25.3 Å². The van der Waals surface area contributed by atoms with Crippen molar-refractivity contribution in [3.8, 4) is 0 Å². The number of hydrogen-bond acceptors (Lipinski definition) is 3. The molecule has 4 N–H and O–H groups in total. The number of hydrogen-bond donors (Lipinski definition) is 3. The molecule has 0 amide bonds. The molecular weight excluding hydrogens is 206 g/mol. The number of aromatic amines is 1. The molecule has 88 valence electrons. The second-order valence-electron chi connectivity index (χ2n) is 4.57. The summed E-state index contributed by atoms with van der Waals surface area (Å²) >= 11 is 0. The smallest absolute Gasteiger partial charge is 0.310 e. The van der Waals surface area contributed by atoms with Crippen molar-refractivity contribution in [3.63, 3.8) is 0 Å². The van der Waals surface area contributed by atoms with Crippen LogP contribution in [0.3, 0.4) is 0 Å². The fraction of sp³-hybridized carbons (Fsp3) is 0.636. The molecule has 0 bridgehead atoms. The SMILES string of the molecule is Cc1cn[nH]c1C(CN)C1(C(=O)O)CCC1. The average Bonchev–Trinajstić information content (AvgIpc) is 2.57. The zero-order valence-electron chi connectivity index (χ0n) is 9.36. The molecule has 1 atom stereocenters. The Kier molecular flexibility index (Phi) is 2.71. The molecule has 2 rings (SSSR count).